The maximum Gasteiger partial charge on any atom is 0.0894 e. The molecule has 0 unspecified atom stereocenters. The van der Waals surface area contributed by atoms with Crippen LogP contribution in [0.4, 0.5) is 0 Å². The maximum absolute atomic E-state index is 5.13. The number of benzene rings is 8. The van der Waals surface area contributed by atoms with Crippen LogP contribution < -0.4 is 0 Å². The van der Waals surface area contributed by atoms with Crippen LogP contribution in [-0.4, -0.2) is 9.97 Å². The first-order valence-electron chi connectivity index (χ1n) is 14.4. The highest BCUT2D eigenvalue weighted by Crippen LogP contribution is 2.41. The second-order valence-electron chi connectivity index (χ2n) is 11.4. The predicted octanol–water partition coefficient (Wildman–Crippen LogP) is 10.8. The molecule has 0 aliphatic heterocycles. The van der Waals surface area contributed by atoms with E-state index in [0.717, 1.165) is 33.5 Å². The third-order valence-electron chi connectivity index (χ3n) is 9.15. The summed E-state index contributed by atoms with van der Waals surface area (Å²) in [7, 11) is 0. The minimum Gasteiger partial charge on any atom is -0.246 e. The van der Waals surface area contributed by atoms with Gasteiger partial charge in [0, 0.05) is 11.1 Å². The summed E-state index contributed by atoms with van der Waals surface area (Å²) >= 11 is 0. The summed E-state index contributed by atoms with van der Waals surface area (Å²) < 4.78 is 0. The van der Waals surface area contributed by atoms with Gasteiger partial charge in [-0.15, -0.1) is 0 Å². The van der Waals surface area contributed by atoms with Crippen LogP contribution in [-0.2, 0) is 0 Å². The monoisotopic (exact) mass is 530 g/mol. The van der Waals surface area contributed by atoms with Crippen LogP contribution in [0.3, 0.4) is 0 Å². The van der Waals surface area contributed by atoms with Gasteiger partial charge in [-0.05, 0) is 88.9 Å². The topological polar surface area (TPSA) is 25.8 Å². The second-order valence-corrected chi connectivity index (χ2v) is 11.4. The standard InChI is InChI=1S/C40H22N2/c1-3-23-7-9-27-11-15-29(31-17-13-25(5-1)37(23)39(27)31)33-19-21-36-35(41-33)22-20-34(42-36)30-16-12-28-10-8-24-4-2-6-26-14-18-32(30)40(28)38(24)26/h1-22H. The highest BCUT2D eigenvalue weighted by atomic mass is 14.8. The van der Waals surface area contributed by atoms with Gasteiger partial charge in [-0.2, -0.15) is 0 Å². The minimum absolute atomic E-state index is 0.902. The summed E-state index contributed by atoms with van der Waals surface area (Å²) in [6.07, 6.45) is 0. The Morgan fingerprint density at radius 3 is 1.07 bits per heavy atom. The van der Waals surface area contributed by atoms with Gasteiger partial charge in [0.1, 0.15) is 0 Å². The van der Waals surface area contributed by atoms with Gasteiger partial charge in [0.05, 0.1) is 22.4 Å². The zero-order valence-corrected chi connectivity index (χ0v) is 22.6. The Kier molecular flexibility index (Phi) is 4.21. The maximum atomic E-state index is 5.13. The third-order valence-corrected chi connectivity index (χ3v) is 9.15. The second kappa shape index (κ2) is 7.99. The fraction of sp³-hybridized carbons (Fsp3) is 0. The number of aromatic nitrogens is 2. The van der Waals surface area contributed by atoms with Gasteiger partial charge < -0.3 is 0 Å². The Morgan fingerprint density at radius 2 is 0.643 bits per heavy atom. The predicted molar refractivity (Wildman–Crippen MR) is 178 cm³/mol. The molecule has 10 rings (SSSR count). The van der Waals surface area contributed by atoms with E-state index in [1.54, 1.807) is 0 Å². The number of fused-ring (bicyclic) bond motifs is 1. The van der Waals surface area contributed by atoms with Crippen molar-refractivity contribution in [1.29, 1.82) is 0 Å². The molecule has 0 saturated carbocycles. The molecule has 0 aliphatic carbocycles. The summed E-state index contributed by atoms with van der Waals surface area (Å²) in [4.78, 5) is 10.3. The molecule has 0 radical (unpaired) electrons. The van der Waals surface area contributed by atoms with E-state index in [2.05, 4.69) is 133 Å². The van der Waals surface area contributed by atoms with Crippen molar-refractivity contribution in [3.8, 4) is 22.5 Å². The molecule has 0 N–H and O–H groups in total. The molecule has 0 aliphatic rings. The van der Waals surface area contributed by atoms with Crippen molar-refractivity contribution in [2.45, 2.75) is 0 Å². The fourth-order valence-corrected chi connectivity index (χ4v) is 7.23. The molecule has 0 saturated heterocycles. The van der Waals surface area contributed by atoms with Gasteiger partial charge in [-0.3, -0.25) is 0 Å². The van der Waals surface area contributed by atoms with E-state index in [0.29, 0.717) is 0 Å². The highest BCUT2D eigenvalue weighted by molar-refractivity contribution is 6.26. The minimum atomic E-state index is 0.902. The van der Waals surface area contributed by atoms with Crippen molar-refractivity contribution in [2.24, 2.45) is 0 Å². The van der Waals surface area contributed by atoms with E-state index < -0.39 is 0 Å². The molecular formula is C40H22N2. The van der Waals surface area contributed by atoms with Gasteiger partial charge in [-0.25, -0.2) is 9.97 Å². The van der Waals surface area contributed by atoms with Gasteiger partial charge in [0.25, 0.3) is 0 Å². The summed E-state index contributed by atoms with van der Waals surface area (Å²) in [6, 6.07) is 48.3. The van der Waals surface area contributed by atoms with E-state index in [-0.39, 0.29) is 0 Å². The molecule has 0 amide bonds. The largest absolute Gasteiger partial charge is 0.246 e. The van der Waals surface area contributed by atoms with Crippen LogP contribution in [0.5, 0.6) is 0 Å². The average molecular weight is 531 g/mol. The first-order chi connectivity index (χ1) is 20.8. The van der Waals surface area contributed by atoms with Gasteiger partial charge >= 0.3 is 0 Å². The Balaban J connectivity index is 1.14. The number of rotatable bonds is 2. The smallest absolute Gasteiger partial charge is 0.0894 e. The van der Waals surface area contributed by atoms with Crippen molar-refractivity contribution in [3.05, 3.63) is 133 Å². The van der Waals surface area contributed by atoms with E-state index >= 15 is 0 Å². The van der Waals surface area contributed by atoms with Crippen LogP contribution in [0.1, 0.15) is 0 Å². The van der Waals surface area contributed by atoms with Crippen LogP contribution in [0.15, 0.2) is 133 Å². The summed E-state index contributed by atoms with van der Waals surface area (Å²) in [5.41, 5.74) is 6.05. The molecule has 8 aromatic carbocycles. The lowest BCUT2D eigenvalue weighted by Gasteiger charge is -2.15. The van der Waals surface area contributed by atoms with Crippen molar-refractivity contribution in [3.63, 3.8) is 0 Å². The van der Waals surface area contributed by atoms with Crippen molar-refractivity contribution < 1.29 is 0 Å². The molecule has 2 heteroatoms. The molecule has 192 valence electrons. The van der Waals surface area contributed by atoms with Gasteiger partial charge in [-0.1, -0.05) is 109 Å². The average Bonchev–Trinajstić information content (AvgIpc) is 3.05. The first kappa shape index (κ1) is 22.1. The van der Waals surface area contributed by atoms with Gasteiger partial charge in [0.15, 0.2) is 0 Å². The Morgan fingerprint density at radius 1 is 0.286 bits per heavy atom. The summed E-state index contributed by atoms with van der Waals surface area (Å²) in [5, 5.41) is 15.4. The summed E-state index contributed by atoms with van der Waals surface area (Å²) in [5.74, 6) is 0. The van der Waals surface area contributed by atoms with Crippen LogP contribution in [0, 0.1) is 0 Å². The zero-order chi connectivity index (χ0) is 27.4. The summed E-state index contributed by atoms with van der Waals surface area (Å²) in [6.45, 7) is 0. The highest BCUT2D eigenvalue weighted by Gasteiger charge is 2.15. The Labute approximate surface area is 241 Å². The molecule has 0 fully saturated rings. The van der Waals surface area contributed by atoms with Crippen LogP contribution >= 0.6 is 0 Å². The molecule has 2 aromatic heterocycles. The van der Waals surface area contributed by atoms with E-state index in [1.807, 2.05) is 0 Å². The normalized spacial score (nSPS) is 12.3. The lowest BCUT2D eigenvalue weighted by atomic mass is 9.91. The molecule has 10 aromatic rings. The number of nitrogens with zero attached hydrogens (tertiary/aromatic N) is 2. The molecule has 0 atom stereocenters. The SMILES string of the molecule is c1cc2ccc3ccc(-c4ccc5nc(-c6ccc7ccc8cccc9ccc6c7c89)ccc5n4)c4ccc(c1)c2c34. The Bertz CT molecular complexity index is 2470. The molecular weight excluding hydrogens is 508 g/mol. The van der Waals surface area contributed by atoms with Crippen molar-refractivity contribution in [2.75, 3.05) is 0 Å². The van der Waals surface area contributed by atoms with E-state index in [4.69, 9.17) is 9.97 Å². The lowest BCUT2D eigenvalue weighted by molar-refractivity contribution is 1.34. The Hall–Kier alpha value is -5.60. The van der Waals surface area contributed by atoms with Crippen molar-refractivity contribution in [1.82, 2.24) is 9.97 Å². The van der Waals surface area contributed by atoms with Gasteiger partial charge in [0.2, 0.25) is 0 Å². The van der Waals surface area contributed by atoms with Crippen LogP contribution in [0.2, 0.25) is 0 Å². The van der Waals surface area contributed by atoms with E-state index in [9.17, 15) is 0 Å². The number of hydrogen-bond acceptors (Lipinski definition) is 2. The lowest BCUT2D eigenvalue weighted by Crippen LogP contribution is -1.93. The third kappa shape index (κ3) is 2.93. The first-order valence-corrected chi connectivity index (χ1v) is 14.4. The molecule has 0 spiro atoms. The van der Waals surface area contributed by atoms with Crippen LogP contribution in [0.25, 0.3) is 98.2 Å². The fourth-order valence-electron chi connectivity index (χ4n) is 7.23. The number of hydrogen-bond donors (Lipinski definition) is 0. The zero-order valence-electron chi connectivity index (χ0n) is 22.6. The molecule has 2 heterocycles. The molecule has 42 heavy (non-hydrogen) atoms. The molecule has 2 nitrogen and oxygen atoms in total. The van der Waals surface area contributed by atoms with Crippen molar-refractivity contribution >= 4 is 75.7 Å². The quantitative estimate of drug-likeness (QED) is 0.208. The van der Waals surface area contributed by atoms with E-state index in [1.165, 1.54) is 64.6 Å². The molecule has 0 bridgehead atoms. The number of pyridine rings is 2.